The molecule has 0 fully saturated rings. The van der Waals surface area contributed by atoms with E-state index in [2.05, 4.69) is 13.0 Å². The SMILES string of the molecule is CCC1CCc2c[c-]ccc2O1.[Y]. The summed E-state index contributed by atoms with van der Waals surface area (Å²) in [5, 5.41) is 0. The molecule has 0 aliphatic carbocycles. The molecule has 0 bridgehead atoms. The number of benzene rings is 1. The Morgan fingerprint density at radius 1 is 1.62 bits per heavy atom. The van der Waals surface area contributed by atoms with Crippen molar-refractivity contribution in [2.24, 2.45) is 0 Å². The van der Waals surface area contributed by atoms with Crippen molar-refractivity contribution >= 4 is 0 Å². The smallest absolute Gasteiger partial charge is 0.0946 e. The monoisotopic (exact) mass is 250 g/mol. The molecule has 0 saturated heterocycles. The summed E-state index contributed by atoms with van der Waals surface area (Å²) in [7, 11) is 0. The summed E-state index contributed by atoms with van der Waals surface area (Å²) in [5.41, 5.74) is 1.31. The van der Waals surface area contributed by atoms with E-state index in [-0.39, 0.29) is 32.7 Å². The summed E-state index contributed by atoms with van der Waals surface area (Å²) >= 11 is 0. The summed E-state index contributed by atoms with van der Waals surface area (Å²) in [4.78, 5) is 0. The number of fused-ring (bicyclic) bond motifs is 1. The molecule has 1 aliphatic rings. The van der Waals surface area contributed by atoms with Crippen LogP contribution < -0.4 is 4.74 Å². The number of hydrogen-bond acceptors (Lipinski definition) is 1. The molecule has 67 valence electrons. The summed E-state index contributed by atoms with van der Waals surface area (Å²) < 4.78 is 5.76. The normalized spacial score (nSPS) is 19.6. The Hall–Kier alpha value is 0.124. The van der Waals surface area contributed by atoms with Gasteiger partial charge < -0.3 is 4.74 Å². The van der Waals surface area contributed by atoms with E-state index in [1.807, 2.05) is 18.2 Å². The average molecular weight is 250 g/mol. The van der Waals surface area contributed by atoms with Crippen molar-refractivity contribution in [3.8, 4) is 5.75 Å². The maximum absolute atomic E-state index is 5.76. The van der Waals surface area contributed by atoms with Gasteiger partial charge in [0.1, 0.15) is 0 Å². The minimum atomic E-state index is 0. The van der Waals surface area contributed by atoms with Crippen molar-refractivity contribution in [3.05, 3.63) is 29.8 Å². The van der Waals surface area contributed by atoms with Crippen LogP contribution in [-0.4, -0.2) is 6.10 Å². The first-order valence-corrected chi connectivity index (χ1v) is 4.56. The molecule has 1 radical (unpaired) electrons. The number of aryl methyl sites for hydroxylation is 1. The van der Waals surface area contributed by atoms with Gasteiger partial charge in [0.25, 0.3) is 0 Å². The molecule has 0 aromatic heterocycles. The molecule has 0 spiro atoms. The molecule has 1 aromatic rings. The molecular formula is C11H13OY-. The van der Waals surface area contributed by atoms with Crippen molar-refractivity contribution in [2.45, 2.75) is 32.3 Å². The summed E-state index contributed by atoms with van der Waals surface area (Å²) in [6.45, 7) is 2.17. The van der Waals surface area contributed by atoms with Crippen LogP contribution in [0.1, 0.15) is 25.3 Å². The molecule has 0 saturated carbocycles. The molecule has 0 amide bonds. The van der Waals surface area contributed by atoms with Crippen molar-refractivity contribution in [1.29, 1.82) is 0 Å². The molecule has 1 heterocycles. The topological polar surface area (TPSA) is 9.23 Å². The van der Waals surface area contributed by atoms with Crippen LogP contribution in [0.25, 0.3) is 0 Å². The van der Waals surface area contributed by atoms with Crippen LogP contribution in [0.15, 0.2) is 18.2 Å². The van der Waals surface area contributed by atoms with Gasteiger partial charge in [-0.3, -0.25) is 0 Å². The van der Waals surface area contributed by atoms with Gasteiger partial charge in [-0.25, -0.2) is 0 Å². The third-order valence-electron chi connectivity index (χ3n) is 2.39. The van der Waals surface area contributed by atoms with Crippen LogP contribution in [0, 0.1) is 6.07 Å². The molecule has 1 atom stereocenters. The zero-order valence-electron chi connectivity index (χ0n) is 7.92. The van der Waals surface area contributed by atoms with Crippen molar-refractivity contribution < 1.29 is 37.4 Å². The minimum Gasteiger partial charge on any atom is -0.516 e. The van der Waals surface area contributed by atoms with E-state index in [1.54, 1.807) is 0 Å². The third kappa shape index (κ3) is 2.54. The first-order valence-electron chi connectivity index (χ1n) is 4.56. The molecular weight excluding hydrogens is 237 g/mol. The summed E-state index contributed by atoms with van der Waals surface area (Å²) in [6, 6.07) is 9.03. The van der Waals surface area contributed by atoms with Crippen molar-refractivity contribution in [3.63, 3.8) is 0 Å². The van der Waals surface area contributed by atoms with Crippen LogP contribution in [0.5, 0.6) is 5.75 Å². The van der Waals surface area contributed by atoms with E-state index in [1.165, 1.54) is 5.56 Å². The zero-order valence-corrected chi connectivity index (χ0v) is 10.8. The molecule has 1 nitrogen and oxygen atoms in total. The maximum Gasteiger partial charge on any atom is 0.0946 e. The van der Waals surface area contributed by atoms with Crippen LogP contribution in [0.3, 0.4) is 0 Å². The Morgan fingerprint density at radius 2 is 2.46 bits per heavy atom. The zero-order chi connectivity index (χ0) is 8.39. The molecule has 13 heavy (non-hydrogen) atoms. The van der Waals surface area contributed by atoms with Gasteiger partial charge in [-0.2, -0.15) is 18.2 Å². The average Bonchev–Trinajstić information content (AvgIpc) is 2.17. The van der Waals surface area contributed by atoms with Gasteiger partial charge in [-0.1, -0.05) is 13.3 Å². The van der Waals surface area contributed by atoms with E-state index in [0.29, 0.717) is 6.10 Å². The van der Waals surface area contributed by atoms with Gasteiger partial charge in [0.05, 0.1) is 6.10 Å². The molecule has 0 N–H and O–H groups in total. The Kier molecular flexibility index (Phi) is 4.41. The first kappa shape index (κ1) is 11.2. The number of rotatable bonds is 1. The van der Waals surface area contributed by atoms with Gasteiger partial charge in [0.15, 0.2) is 0 Å². The minimum absolute atomic E-state index is 0. The summed E-state index contributed by atoms with van der Waals surface area (Å²) in [5.74, 6) is 1.06. The fourth-order valence-corrected chi connectivity index (χ4v) is 1.60. The number of ether oxygens (including phenoxy) is 1. The predicted molar refractivity (Wildman–Crippen MR) is 48.3 cm³/mol. The standard InChI is InChI=1S/C11H13O.Y/c1-2-10-8-7-9-5-3-4-6-11(9)12-10;/h4-6,10H,2,7-8H2,1H3;/q-1;. The number of hydrogen-bond donors (Lipinski definition) is 0. The predicted octanol–water partition coefficient (Wildman–Crippen LogP) is 2.59. The third-order valence-corrected chi connectivity index (χ3v) is 2.39. The van der Waals surface area contributed by atoms with E-state index >= 15 is 0 Å². The van der Waals surface area contributed by atoms with Gasteiger partial charge >= 0.3 is 0 Å². The largest absolute Gasteiger partial charge is 0.516 e. The van der Waals surface area contributed by atoms with Crippen LogP contribution in [0.4, 0.5) is 0 Å². The molecule has 1 aliphatic heterocycles. The Labute approximate surface area is 105 Å². The first-order chi connectivity index (χ1) is 5.90. The second kappa shape index (κ2) is 5.12. The quantitative estimate of drug-likeness (QED) is 0.696. The van der Waals surface area contributed by atoms with E-state index in [0.717, 1.165) is 25.0 Å². The fraction of sp³-hybridized carbons (Fsp3) is 0.455. The molecule has 1 aromatic carbocycles. The Bertz CT molecular complexity index is 273. The van der Waals surface area contributed by atoms with Crippen molar-refractivity contribution in [2.75, 3.05) is 0 Å². The second-order valence-corrected chi connectivity index (χ2v) is 3.22. The summed E-state index contributed by atoms with van der Waals surface area (Å²) in [6.07, 6.45) is 3.84. The molecule has 2 heteroatoms. The molecule has 2 rings (SSSR count). The Morgan fingerprint density at radius 3 is 3.23 bits per heavy atom. The van der Waals surface area contributed by atoms with Crippen LogP contribution >= 0.6 is 0 Å². The molecule has 1 unspecified atom stereocenters. The van der Waals surface area contributed by atoms with Gasteiger partial charge in [0.2, 0.25) is 0 Å². The van der Waals surface area contributed by atoms with Gasteiger partial charge in [-0.05, 0) is 12.8 Å². The van der Waals surface area contributed by atoms with E-state index in [9.17, 15) is 0 Å². The van der Waals surface area contributed by atoms with E-state index in [4.69, 9.17) is 4.74 Å². The second-order valence-electron chi connectivity index (χ2n) is 3.22. The van der Waals surface area contributed by atoms with Crippen LogP contribution in [0.2, 0.25) is 0 Å². The maximum atomic E-state index is 5.76. The van der Waals surface area contributed by atoms with Crippen molar-refractivity contribution in [1.82, 2.24) is 0 Å². The fourth-order valence-electron chi connectivity index (χ4n) is 1.60. The van der Waals surface area contributed by atoms with Gasteiger partial charge in [0, 0.05) is 38.5 Å². The Balaban J connectivity index is 0.000000845. The van der Waals surface area contributed by atoms with Crippen LogP contribution in [-0.2, 0) is 39.1 Å². The van der Waals surface area contributed by atoms with Gasteiger partial charge in [-0.15, -0.1) is 11.6 Å². The van der Waals surface area contributed by atoms with E-state index < -0.39 is 0 Å².